The van der Waals surface area contributed by atoms with Crippen LogP contribution in [0.1, 0.15) is 43.8 Å². The second-order valence-electron chi connectivity index (χ2n) is 5.17. The van der Waals surface area contributed by atoms with E-state index in [-0.39, 0.29) is 11.9 Å². The second kappa shape index (κ2) is 6.32. The Kier molecular flexibility index (Phi) is 4.24. The molecule has 0 atom stereocenters. The molecule has 4 nitrogen and oxygen atoms in total. The van der Waals surface area contributed by atoms with Gasteiger partial charge in [0, 0.05) is 10.6 Å². The number of carbonyl (C=O) groups excluding carboxylic acids is 2. The smallest absolute Gasteiger partial charge is 0.338 e. The van der Waals surface area contributed by atoms with Crippen molar-refractivity contribution in [1.82, 2.24) is 0 Å². The zero-order chi connectivity index (χ0) is 15.5. The van der Waals surface area contributed by atoms with Crippen LogP contribution in [-0.2, 0) is 17.6 Å². The Morgan fingerprint density at radius 3 is 2.91 bits per heavy atom. The summed E-state index contributed by atoms with van der Waals surface area (Å²) >= 11 is 1.56. The first-order chi connectivity index (χ1) is 10.7. The molecule has 0 fully saturated rings. The molecule has 1 aromatic carbocycles. The molecular formula is C17H17NO3S. The minimum atomic E-state index is -0.381. The summed E-state index contributed by atoms with van der Waals surface area (Å²) in [5, 5.41) is 2.85. The van der Waals surface area contributed by atoms with Crippen molar-refractivity contribution < 1.29 is 14.3 Å². The number of benzene rings is 1. The molecule has 1 amide bonds. The number of carbonyl (C=O) groups is 2. The van der Waals surface area contributed by atoms with Crippen molar-refractivity contribution in [3.8, 4) is 0 Å². The van der Waals surface area contributed by atoms with Gasteiger partial charge < -0.3 is 10.1 Å². The lowest BCUT2D eigenvalue weighted by atomic mass is 10.2. The number of fused-ring (bicyclic) bond motifs is 1. The van der Waals surface area contributed by atoms with Crippen LogP contribution in [0.4, 0.5) is 5.69 Å². The number of hydrogen-bond acceptors (Lipinski definition) is 4. The number of nitrogens with one attached hydrogen (secondary N) is 1. The van der Waals surface area contributed by atoms with Crippen LogP contribution in [-0.4, -0.2) is 18.5 Å². The van der Waals surface area contributed by atoms with Crippen LogP contribution in [0.3, 0.4) is 0 Å². The van der Waals surface area contributed by atoms with Crippen molar-refractivity contribution >= 4 is 28.9 Å². The molecule has 0 bridgehead atoms. The lowest BCUT2D eigenvalue weighted by Crippen LogP contribution is -2.11. The fourth-order valence-electron chi connectivity index (χ4n) is 2.57. The zero-order valence-corrected chi connectivity index (χ0v) is 13.2. The third-order valence-electron chi connectivity index (χ3n) is 3.60. The maximum absolute atomic E-state index is 12.3. The molecule has 22 heavy (non-hydrogen) atoms. The van der Waals surface area contributed by atoms with Crippen LogP contribution in [0.15, 0.2) is 30.3 Å². The molecule has 114 valence electrons. The molecule has 5 heteroatoms. The number of amides is 1. The average Bonchev–Trinajstić information content (AvgIpc) is 3.09. The van der Waals surface area contributed by atoms with Gasteiger partial charge in [-0.05, 0) is 56.0 Å². The number of rotatable bonds is 4. The van der Waals surface area contributed by atoms with Gasteiger partial charge in [0.1, 0.15) is 0 Å². The molecule has 0 radical (unpaired) electrons. The maximum Gasteiger partial charge on any atom is 0.338 e. The van der Waals surface area contributed by atoms with Crippen LogP contribution in [0.2, 0.25) is 0 Å². The topological polar surface area (TPSA) is 55.4 Å². The number of thiophene rings is 1. The Balaban J connectivity index is 1.73. The van der Waals surface area contributed by atoms with Crippen molar-refractivity contribution in [2.24, 2.45) is 0 Å². The molecule has 1 heterocycles. The van der Waals surface area contributed by atoms with E-state index in [0.29, 0.717) is 17.9 Å². The second-order valence-corrected chi connectivity index (χ2v) is 6.30. The van der Waals surface area contributed by atoms with Gasteiger partial charge in [-0.3, -0.25) is 4.79 Å². The van der Waals surface area contributed by atoms with Gasteiger partial charge in [0.15, 0.2) is 0 Å². The highest BCUT2D eigenvalue weighted by Crippen LogP contribution is 2.31. The first-order valence-corrected chi connectivity index (χ1v) is 8.19. The van der Waals surface area contributed by atoms with E-state index in [1.165, 1.54) is 16.9 Å². The standard InChI is InChI=1S/C17H17NO3S/c1-2-21-17(20)12-6-3-7-13(9-12)18-16(19)15-10-11-5-4-8-14(11)22-15/h3,6-7,9-10H,2,4-5,8H2,1H3,(H,18,19). The molecule has 1 aliphatic rings. The fourth-order valence-corrected chi connectivity index (χ4v) is 3.72. The Morgan fingerprint density at radius 1 is 1.27 bits per heavy atom. The Morgan fingerprint density at radius 2 is 2.14 bits per heavy atom. The number of anilines is 1. The van der Waals surface area contributed by atoms with Crippen LogP contribution in [0.25, 0.3) is 0 Å². The zero-order valence-electron chi connectivity index (χ0n) is 12.3. The van der Waals surface area contributed by atoms with E-state index in [9.17, 15) is 9.59 Å². The third-order valence-corrected chi connectivity index (χ3v) is 4.84. The minimum absolute atomic E-state index is 0.125. The predicted molar refractivity (Wildman–Crippen MR) is 86.7 cm³/mol. The van der Waals surface area contributed by atoms with Crippen molar-refractivity contribution in [2.75, 3.05) is 11.9 Å². The summed E-state index contributed by atoms with van der Waals surface area (Å²) in [7, 11) is 0. The quantitative estimate of drug-likeness (QED) is 0.876. The van der Waals surface area contributed by atoms with Gasteiger partial charge in [-0.2, -0.15) is 0 Å². The molecule has 0 spiro atoms. The Labute approximate surface area is 133 Å². The number of esters is 1. The van der Waals surface area contributed by atoms with Gasteiger partial charge in [-0.15, -0.1) is 11.3 Å². The normalized spacial score (nSPS) is 12.8. The number of hydrogen-bond donors (Lipinski definition) is 1. The van der Waals surface area contributed by atoms with Crippen LogP contribution in [0, 0.1) is 0 Å². The summed E-state index contributed by atoms with van der Waals surface area (Å²) in [5.74, 6) is -0.505. The largest absolute Gasteiger partial charge is 0.462 e. The summed E-state index contributed by atoms with van der Waals surface area (Å²) in [4.78, 5) is 26.1. The van der Waals surface area contributed by atoms with Crippen molar-refractivity contribution in [3.63, 3.8) is 0 Å². The SMILES string of the molecule is CCOC(=O)c1cccc(NC(=O)c2cc3c(s2)CCC3)c1. The number of ether oxygens (including phenoxy) is 1. The molecule has 0 saturated heterocycles. The first-order valence-electron chi connectivity index (χ1n) is 7.37. The molecule has 1 aliphatic carbocycles. The third kappa shape index (κ3) is 3.04. The summed E-state index contributed by atoms with van der Waals surface area (Å²) in [6, 6.07) is 8.79. The summed E-state index contributed by atoms with van der Waals surface area (Å²) in [5.41, 5.74) is 2.34. The van der Waals surface area contributed by atoms with E-state index >= 15 is 0 Å². The predicted octanol–water partition coefficient (Wildman–Crippen LogP) is 3.67. The summed E-state index contributed by atoms with van der Waals surface area (Å²) < 4.78 is 4.96. The van der Waals surface area contributed by atoms with E-state index in [4.69, 9.17) is 4.74 Å². The van der Waals surface area contributed by atoms with E-state index in [1.807, 2.05) is 6.07 Å². The summed E-state index contributed by atoms with van der Waals surface area (Å²) in [6.45, 7) is 2.09. The lowest BCUT2D eigenvalue weighted by molar-refractivity contribution is 0.0526. The lowest BCUT2D eigenvalue weighted by Gasteiger charge is -2.06. The monoisotopic (exact) mass is 315 g/mol. The first kappa shape index (κ1) is 14.8. The highest BCUT2D eigenvalue weighted by Gasteiger charge is 2.18. The van der Waals surface area contributed by atoms with E-state index < -0.39 is 0 Å². The van der Waals surface area contributed by atoms with Crippen LogP contribution < -0.4 is 5.32 Å². The van der Waals surface area contributed by atoms with Gasteiger partial charge in [0.05, 0.1) is 17.0 Å². The van der Waals surface area contributed by atoms with Gasteiger partial charge in [-0.1, -0.05) is 6.07 Å². The van der Waals surface area contributed by atoms with E-state index in [0.717, 1.165) is 17.7 Å². The van der Waals surface area contributed by atoms with Crippen molar-refractivity contribution in [1.29, 1.82) is 0 Å². The molecule has 1 N–H and O–H groups in total. The van der Waals surface area contributed by atoms with Crippen LogP contribution >= 0.6 is 11.3 Å². The summed E-state index contributed by atoms with van der Waals surface area (Å²) in [6.07, 6.45) is 3.33. The fraction of sp³-hybridized carbons (Fsp3) is 0.294. The van der Waals surface area contributed by atoms with Crippen LogP contribution in [0.5, 0.6) is 0 Å². The maximum atomic E-state index is 12.3. The highest BCUT2D eigenvalue weighted by molar-refractivity contribution is 7.14. The highest BCUT2D eigenvalue weighted by atomic mass is 32.1. The van der Waals surface area contributed by atoms with Gasteiger partial charge in [-0.25, -0.2) is 4.79 Å². The van der Waals surface area contributed by atoms with Gasteiger partial charge in [0.2, 0.25) is 0 Å². The molecule has 0 aliphatic heterocycles. The van der Waals surface area contributed by atoms with E-state index in [1.54, 1.807) is 42.5 Å². The molecule has 3 rings (SSSR count). The molecule has 2 aromatic rings. The molecule has 1 aromatic heterocycles. The van der Waals surface area contributed by atoms with Gasteiger partial charge in [0.25, 0.3) is 5.91 Å². The molecular weight excluding hydrogens is 298 g/mol. The molecule has 0 saturated carbocycles. The number of aryl methyl sites for hydroxylation is 2. The molecule has 0 unspecified atom stereocenters. The van der Waals surface area contributed by atoms with E-state index in [2.05, 4.69) is 5.32 Å². The average molecular weight is 315 g/mol. The van der Waals surface area contributed by atoms with Crippen molar-refractivity contribution in [2.45, 2.75) is 26.2 Å². The minimum Gasteiger partial charge on any atom is -0.462 e. The Hall–Kier alpha value is -2.14. The Bertz CT molecular complexity index is 699. The van der Waals surface area contributed by atoms with Gasteiger partial charge >= 0.3 is 5.97 Å². The van der Waals surface area contributed by atoms with Crippen molar-refractivity contribution in [3.05, 3.63) is 51.2 Å².